The van der Waals surface area contributed by atoms with Crippen molar-refractivity contribution in [3.8, 4) is 0 Å². The second-order valence-electron chi connectivity index (χ2n) is 4.75. The first kappa shape index (κ1) is 13.0. The lowest BCUT2D eigenvalue weighted by atomic mass is 9.98. The minimum atomic E-state index is -0.369. The Kier molecular flexibility index (Phi) is 4.66. The number of nitrogens with one attached hydrogen (secondary N) is 2. The fraction of sp³-hybridized carbons (Fsp3) is 0.538. The van der Waals surface area contributed by atoms with E-state index in [4.69, 9.17) is 0 Å². The molecule has 0 aliphatic carbocycles. The summed E-state index contributed by atoms with van der Waals surface area (Å²) in [5.74, 6) is 0.754. The van der Waals surface area contributed by atoms with E-state index in [-0.39, 0.29) is 10.6 Å². The minimum absolute atomic E-state index is 0.150. The van der Waals surface area contributed by atoms with E-state index in [1.807, 2.05) is 12.1 Å². The Bertz CT molecular complexity index is 386. The first-order valence-corrected chi connectivity index (χ1v) is 6.40. The van der Waals surface area contributed by atoms with E-state index in [0.29, 0.717) is 0 Å². The van der Waals surface area contributed by atoms with Gasteiger partial charge in [0.25, 0.3) is 5.69 Å². The van der Waals surface area contributed by atoms with Crippen LogP contribution in [-0.4, -0.2) is 24.6 Å². The van der Waals surface area contributed by atoms with Crippen molar-refractivity contribution in [1.29, 1.82) is 0 Å². The van der Waals surface area contributed by atoms with Gasteiger partial charge in [-0.05, 0) is 44.0 Å². The molecule has 0 atom stereocenters. The van der Waals surface area contributed by atoms with Crippen molar-refractivity contribution in [1.82, 2.24) is 10.6 Å². The molecule has 1 aromatic carbocycles. The predicted octanol–water partition coefficient (Wildman–Crippen LogP) is 1.68. The van der Waals surface area contributed by atoms with E-state index >= 15 is 0 Å². The van der Waals surface area contributed by atoms with Gasteiger partial charge < -0.3 is 10.6 Å². The summed E-state index contributed by atoms with van der Waals surface area (Å²) >= 11 is 0. The standard InChI is InChI=1S/C13H19N3O2/c17-16(18)13-3-1-11(2-4-13)9-15-10-12-5-7-14-8-6-12/h1-4,12,14-15H,5-10H2. The molecule has 2 N–H and O–H groups in total. The topological polar surface area (TPSA) is 67.2 Å². The highest BCUT2D eigenvalue weighted by Gasteiger charge is 2.12. The van der Waals surface area contributed by atoms with Crippen LogP contribution in [0.3, 0.4) is 0 Å². The molecule has 0 bridgehead atoms. The Hall–Kier alpha value is -1.46. The van der Waals surface area contributed by atoms with E-state index < -0.39 is 0 Å². The fourth-order valence-electron chi connectivity index (χ4n) is 2.24. The van der Waals surface area contributed by atoms with Crippen LogP contribution >= 0.6 is 0 Å². The van der Waals surface area contributed by atoms with Crippen LogP contribution in [0.2, 0.25) is 0 Å². The molecule has 1 aliphatic heterocycles. The Labute approximate surface area is 107 Å². The zero-order chi connectivity index (χ0) is 12.8. The van der Waals surface area contributed by atoms with E-state index in [0.717, 1.165) is 37.7 Å². The highest BCUT2D eigenvalue weighted by Crippen LogP contribution is 2.13. The van der Waals surface area contributed by atoms with Gasteiger partial charge in [0, 0.05) is 18.7 Å². The summed E-state index contributed by atoms with van der Waals surface area (Å²) in [6.07, 6.45) is 2.46. The Morgan fingerprint density at radius 3 is 2.56 bits per heavy atom. The molecule has 1 aromatic rings. The van der Waals surface area contributed by atoms with Crippen molar-refractivity contribution < 1.29 is 4.92 Å². The third-order valence-electron chi connectivity index (χ3n) is 3.37. The number of hydrogen-bond donors (Lipinski definition) is 2. The van der Waals surface area contributed by atoms with Crippen LogP contribution in [0.1, 0.15) is 18.4 Å². The number of nitro groups is 1. The zero-order valence-electron chi connectivity index (χ0n) is 10.4. The molecule has 5 heteroatoms. The van der Waals surface area contributed by atoms with Crippen LogP contribution in [-0.2, 0) is 6.54 Å². The van der Waals surface area contributed by atoms with E-state index in [1.165, 1.54) is 12.8 Å². The molecule has 2 rings (SSSR count). The van der Waals surface area contributed by atoms with Crippen molar-refractivity contribution in [3.63, 3.8) is 0 Å². The molecule has 1 fully saturated rings. The van der Waals surface area contributed by atoms with Crippen LogP contribution in [0.4, 0.5) is 5.69 Å². The first-order valence-electron chi connectivity index (χ1n) is 6.40. The number of nitrogens with zero attached hydrogens (tertiary/aromatic N) is 1. The van der Waals surface area contributed by atoms with Gasteiger partial charge in [-0.1, -0.05) is 12.1 Å². The van der Waals surface area contributed by atoms with Crippen LogP contribution in [0.5, 0.6) is 0 Å². The maximum atomic E-state index is 10.5. The second kappa shape index (κ2) is 6.47. The number of nitro benzene ring substituents is 1. The summed E-state index contributed by atoms with van der Waals surface area (Å²) in [4.78, 5) is 10.1. The van der Waals surface area contributed by atoms with Crippen molar-refractivity contribution >= 4 is 5.69 Å². The van der Waals surface area contributed by atoms with Gasteiger partial charge in [0.05, 0.1) is 4.92 Å². The van der Waals surface area contributed by atoms with Crippen LogP contribution in [0.25, 0.3) is 0 Å². The molecule has 18 heavy (non-hydrogen) atoms. The molecular weight excluding hydrogens is 230 g/mol. The molecule has 0 spiro atoms. The van der Waals surface area contributed by atoms with Gasteiger partial charge >= 0.3 is 0 Å². The lowest BCUT2D eigenvalue weighted by Gasteiger charge is -2.22. The maximum Gasteiger partial charge on any atom is 0.269 e. The zero-order valence-corrected chi connectivity index (χ0v) is 10.4. The highest BCUT2D eigenvalue weighted by atomic mass is 16.6. The molecule has 98 valence electrons. The quantitative estimate of drug-likeness (QED) is 0.615. The summed E-state index contributed by atoms with van der Waals surface area (Å²) in [6, 6.07) is 6.74. The smallest absolute Gasteiger partial charge is 0.269 e. The van der Waals surface area contributed by atoms with E-state index in [1.54, 1.807) is 12.1 Å². The van der Waals surface area contributed by atoms with Crippen molar-refractivity contribution in [2.75, 3.05) is 19.6 Å². The molecule has 1 saturated heterocycles. The summed E-state index contributed by atoms with van der Waals surface area (Å²) in [5, 5.41) is 17.3. The van der Waals surface area contributed by atoms with Gasteiger partial charge in [-0.2, -0.15) is 0 Å². The van der Waals surface area contributed by atoms with Crippen LogP contribution < -0.4 is 10.6 Å². The normalized spacial score (nSPS) is 16.7. The lowest BCUT2D eigenvalue weighted by Crippen LogP contribution is -2.33. The summed E-state index contributed by atoms with van der Waals surface area (Å²) in [7, 11) is 0. The number of non-ortho nitro benzene ring substituents is 1. The molecule has 1 heterocycles. The summed E-state index contributed by atoms with van der Waals surface area (Å²) < 4.78 is 0. The number of hydrogen-bond acceptors (Lipinski definition) is 4. The third-order valence-corrected chi connectivity index (χ3v) is 3.37. The minimum Gasteiger partial charge on any atom is -0.317 e. The lowest BCUT2D eigenvalue weighted by molar-refractivity contribution is -0.384. The third kappa shape index (κ3) is 3.78. The van der Waals surface area contributed by atoms with Crippen molar-refractivity contribution in [2.24, 2.45) is 5.92 Å². The van der Waals surface area contributed by atoms with Crippen molar-refractivity contribution in [3.05, 3.63) is 39.9 Å². The maximum absolute atomic E-state index is 10.5. The molecule has 5 nitrogen and oxygen atoms in total. The molecule has 0 amide bonds. The molecule has 1 aliphatic rings. The van der Waals surface area contributed by atoms with Crippen LogP contribution in [0.15, 0.2) is 24.3 Å². The monoisotopic (exact) mass is 249 g/mol. The number of rotatable bonds is 5. The van der Waals surface area contributed by atoms with Crippen molar-refractivity contribution in [2.45, 2.75) is 19.4 Å². The van der Waals surface area contributed by atoms with Gasteiger partial charge in [0.2, 0.25) is 0 Å². The van der Waals surface area contributed by atoms with Gasteiger partial charge in [-0.25, -0.2) is 0 Å². The fourth-order valence-corrected chi connectivity index (χ4v) is 2.24. The van der Waals surface area contributed by atoms with Crippen LogP contribution in [0, 0.1) is 16.0 Å². The summed E-state index contributed by atoms with van der Waals surface area (Å²) in [5.41, 5.74) is 1.24. The average Bonchev–Trinajstić information content (AvgIpc) is 2.40. The summed E-state index contributed by atoms with van der Waals surface area (Å²) in [6.45, 7) is 4.04. The van der Waals surface area contributed by atoms with E-state index in [2.05, 4.69) is 10.6 Å². The molecule has 0 aromatic heterocycles. The molecule has 0 saturated carbocycles. The first-order chi connectivity index (χ1) is 8.75. The van der Waals surface area contributed by atoms with Gasteiger partial charge in [0.1, 0.15) is 0 Å². The Balaban J connectivity index is 1.74. The highest BCUT2D eigenvalue weighted by molar-refractivity contribution is 5.32. The average molecular weight is 249 g/mol. The second-order valence-corrected chi connectivity index (χ2v) is 4.75. The number of benzene rings is 1. The SMILES string of the molecule is O=[N+]([O-])c1ccc(CNCC2CCNCC2)cc1. The predicted molar refractivity (Wildman–Crippen MR) is 70.4 cm³/mol. The van der Waals surface area contributed by atoms with Gasteiger partial charge in [-0.3, -0.25) is 10.1 Å². The largest absolute Gasteiger partial charge is 0.317 e. The Morgan fingerprint density at radius 2 is 1.94 bits per heavy atom. The van der Waals surface area contributed by atoms with Gasteiger partial charge in [0.15, 0.2) is 0 Å². The van der Waals surface area contributed by atoms with E-state index in [9.17, 15) is 10.1 Å². The Morgan fingerprint density at radius 1 is 1.28 bits per heavy atom. The van der Waals surface area contributed by atoms with Gasteiger partial charge in [-0.15, -0.1) is 0 Å². The molecule has 0 unspecified atom stereocenters. The number of piperidine rings is 1. The molecular formula is C13H19N3O2. The molecule has 0 radical (unpaired) electrons.